The lowest BCUT2D eigenvalue weighted by molar-refractivity contribution is -0.155. The maximum Gasteiger partial charge on any atom is 0.408 e. The van der Waals surface area contributed by atoms with Crippen molar-refractivity contribution in [1.82, 2.24) is 5.32 Å². The lowest BCUT2D eigenvalue weighted by Gasteiger charge is -2.26. The zero-order valence-corrected chi connectivity index (χ0v) is 19.5. The van der Waals surface area contributed by atoms with Crippen molar-refractivity contribution in [3.63, 3.8) is 0 Å². The number of hydrogen-bond donors (Lipinski definition) is 2. The second-order valence-electron chi connectivity index (χ2n) is 9.53. The zero-order chi connectivity index (χ0) is 24.2. The Bertz CT molecular complexity index is 996. The molecule has 3 rings (SSSR count). The SMILES string of the molecule is CC(C)(C)OC(=O)CCC[C@@](C)(NC(=O)OCC1c2ccccc2-c2ccccc21)C(=O)O. The van der Waals surface area contributed by atoms with Crippen molar-refractivity contribution >= 4 is 18.0 Å². The van der Waals surface area contributed by atoms with Gasteiger partial charge >= 0.3 is 18.0 Å². The number of rotatable bonds is 8. The molecule has 0 saturated heterocycles. The Morgan fingerprint density at radius 1 is 0.939 bits per heavy atom. The summed E-state index contributed by atoms with van der Waals surface area (Å²) in [6.45, 7) is 6.81. The zero-order valence-electron chi connectivity index (χ0n) is 19.5. The molecule has 7 nitrogen and oxygen atoms in total. The summed E-state index contributed by atoms with van der Waals surface area (Å²) >= 11 is 0. The van der Waals surface area contributed by atoms with Crippen LogP contribution in [0.3, 0.4) is 0 Å². The van der Waals surface area contributed by atoms with Gasteiger partial charge in [-0.15, -0.1) is 0 Å². The molecule has 2 aromatic rings. The minimum atomic E-state index is -1.56. The van der Waals surface area contributed by atoms with Crippen LogP contribution in [0.2, 0.25) is 0 Å². The number of ether oxygens (including phenoxy) is 2. The summed E-state index contributed by atoms with van der Waals surface area (Å²) in [5, 5.41) is 12.2. The van der Waals surface area contributed by atoms with Crippen molar-refractivity contribution in [2.24, 2.45) is 0 Å². The number of hydrogen-bond acceptors (Lipinski definition) is 5. The Morgan fingerprint density at radius 3 is 2.00 bits per heavy atom. The quantitative estimate of drug-likeness (QED) is 0.553. The van der Waals surface area contributed by atoms with Gasteiger partial charge < -0.3 is 19.9 Å². The van der Waals surface area contributed by atoms with E-state index in [2.05, 4.69) is 5.32 Å². The van der Waals surface area contributed by atoms with Gasteiger partial charge in [-0.05, 0) is 62.8 Å². The van der Waals surface area contributed by atoms with Crippen LogP contribution in [0.4, 0.5) is 4.79 Å². The number of amides is 1. The molecule has 176 valence electrons. The molecule has 0 heterocycles. The van der Waals surface area contributed by atoms with Crippen molar-refractivity contribution in [2.45, 2.75) is 64.0 Å². The van der Waals surface area contributed by atoms with E-state index in [0.717, 1.165) is 22.3 Å². The van der Waals surface area contributed by atoms with Crippen molar-refractivity contribution < 1.29 is 29.0 Å². The standard InChI is InChI=1S/C26H31NO6/c1-25(2,3)33-22(28)14-9-15-26(4,23(29)30)27-24(31)32-16-21-19-12-7-5-10-17(19)18-11-6-8-13-20(18)21/h5-8,10-13,21H,9,14-16H2,1-4H3,(H,27,31)(H,29,30)/t26-/m1/s1. The number of carbonyl (C=O) groups is 3. The minimum absolute atomic E-state index is 0.0613. The molecule has 1 amide bonds. The van der Waals surface area contributed by atoms with Crippen LogP contribution in [-0.2, 0) is 19.1 Å². The molecular weight excluding hydrogens is 422 g/mol. The molecule has 2 aromatic carbocycles. The number of carbonyl (C=O) groups excluding carboxylic acids is 2. The Balaban J connectivity index is 1.59. The van der Waals surface area contributed by atoms with Gasteiger partial charge in [-0.25, -0.2) is 9.59 Å². The van der Waals surface area contributed by atoms with Gasteiger partial charge in [-0.3, -0.25) is 4.79 Å². The molecule has 0 bridgehead atoms. The summed E-state index contributed by atoms with van der Waals surface area (Å²) in [4.78, 5) is 36.3. The van der Waals surface area contributed by atoms with Gasteiger partial charge in [-0.2, -0.15) is 0 Å². The molecule has 1 aliphatic rings. The van der Waals surface area contributed by atoms with E-state index >= 15 is 0 Å². The van der Waals surface area contributed by atoms with Crippen LogP contribution in [0.1, 0.15) is 64.0 Å². The molecule has 1 aliphatic carbocycles. The molecule has 33 heavy (non-hydrogen) atoms. The number of aliphatic carboxylic acids is 1. The van der Waals surface area contributed by atoms with Crippen molar-refractivity contribution in [2.75, 3.05) is 6.61 Å². The number of nitrogens with one attached hydrogen (secondary N) is 1. The molecule has 0 spiro atoms. The normalized spacial score (nSPS) is 14.5. The van der Waals surface area contributed by atoms with Crippen LogP contribution in [0.5, 0.6) is 0 Å². The van der Waals surface area contributed by atoms with Crippen LogP contribution in [0.15, 0.2) is 48.5 Å². The number of fused-ring (bicyclic) bond motifs is 3. The predicted molar refractivity (Wildman–Crippen MR) is 124 cm³/mol. The number of alkyl carbamates (subject to hydrolysis) is 1. The average Bonchev–Trinajstić information content (AvgIpc) is 3.04. The highest BCUT2D eigenvalue weighted by atomic mass is 16.6. The average molecular weight is 454 g/mol. The lowest BCUT2D eigenvalue weighted by Crippen LogP contribution is -2.52. The van der Waals surface area contributed by atoms with E-state index in [-0.39, 0.29) is 31.8 Å². The van der Waals surface area contributed by atoms with Crippen LogP contribution >= 0.6 is 0 Å². The van der Waals surface area contributed by atoms with E-state index in [4.69, 9.17) is 9.47 Å². The van der Waals surface area contributed by atoms with Gasteiger partial charge in [0.15, 0.2) is 0 Å². The van der Waals surface area contributed by atoms with E-state index in [1.54, 1.807) is 20.8 Å². The molecule has 2 N–H and O–H groups in total. The predicted octanol–water partition coefficient (Wildman–Crippen LogP) is 4.88. The fourth-order valence-electron chi connectivity index (χ4n) is 4.06. The molecular formula is C26H31NO6. The van der Waals surface area contributed by atoms with Crippen LogP contribution in [0.25, 0.3) is 11.1 Å². The fraction of sp³-hybridized carbons (Fsp3) is 0.423. The topological polar surface area (TPSA) is 102 Å². The van der Waals surface area contributed by atoms with E-state index in [1.165, 1.54) is 6.92 Å². The summed E-state index contributed by atoms with van der Waals surface area (Å²) in [5.41, 5.74) is 2.20. The third kappa shape index (κ3) is 5.92. The fourth-order valence-corrected chi connectivity index (χ4v) is 4.06. The summed E-state index contributed by atoms with van der Waals surface area (Å²) < 4.78 is 10.7. The van der Waals surface area contributed by atoms with Gasteiger partial charge in [0.1, 0.15) is 17.7 Å². The van der Waals surface area contributed by atoms with Gasteiger partial charge in [-0.1, -0.05) is 48.5 Å². The smallest absolute Gasteiger partial charge is 0.408 e. The van der Waals surface area contributed by atoms with Crippen LogP contribution < -0.4 is 5.32 Å². The van der Waals surface area contributed by atoms with Crippen molar-refractivity contribution in [3.05, 3.63) is 59.7 Å². The van der Waals surface area contributed by atoms with Gasteiger partial charge in [0.05, 0.1) is 0 Å². The Morgan fingerprint density at radius 2 is 1.48 bits per heavy atom. The molecule has 1 atom stereocenters. The molecule has 7 heteroatoms. The largest absolute Gasteiger partial charge is 0.480 e. The molecule has 0 aromatic heterocycles. The Labute approximate surface area is 194 Å². The summed E-state index contributed by atoms with van der Waals surface area (Å²) in [6, 6.07) is 16.0. The first kappa shape index (κ1) is 24.3. The highest BCUT2D eigenvalue weighted by molar-refractivity contribution is 5.84. The Hall–Kier alpha value is -3.35. The van der Waals surface area contributed by atoms with Crippen molar-refractivity contribution in [3.8, 4) is 11.1 Å². The van der Waals surface area contributed by atoms with E-state index < -0.39 is 29.2 Å². The third-order valence-electron chi connectivity index (χ3n) is 5.67. The first-order valence-corrected chi connectivity index (χ1v) is 11.1. The first-order valence-electron chi connectivity index (χ1n) is 11.1. The highest BCUT2D eigenvalue weighted by Crippen LogP contribution is 2.44. The molecule has 0 radical (unpaired) electrons. The summed E-state index contributed by atoms with van der Waals surface area (Å²) in [7, 11) is 0. The third-order valence-corrected chi connectivity index (χ3v) is 5.67. The number of benzene rings is 2. The molecule has 0 fully saturated rings. The van der Waals surface area contributed by atoms with Crippen LogP contribution in [-0.4, -0.2) is 40.9 Å². The second-order valence-corrected chi connectivity index (χ2v) is 9.53. The lowest BCUT2D eigenvalue weighted by atomic mass is 9.95. The number of carboxylic acids is 1. The molecule has 0 saturated carbocycles. The number of esters is 1. The van der Waals surface area contributed by atoms with Crippen molar-refractivity contribution in [1.29, 1.82) is 0 Å². The summed E-state index contributed by atoms with van der Waals surface area (Å²) in [6.07, 6.45) is -0.432. The van der Waals surface area contributed by atoms with Gasteiger partial charge in [0, 0.05) is 12.3 Å². The number of carboxylic acid groups (broad SMARTS) is 1. The van der Waals surface area contributed by atoms with Gasteiger partial charge in [0.2, 0.25) is 0 Å². The first-order chi connectivity index (χ1) is 15.5. The highest BCUT2D eigenvalue weighted by Gasteiger charge is 2.36. The maximum absolute atomic E-state index is 12.5. The maximum atomic E-state index is 12.5. The Kier molecular flexibility index (Phi) is 7.10. The molecule has 0 aliphatic heterocycles. The molecule has 0 unspecified atom stereocenters. The summed E-state index contributed by atoms with van der Waals surface area (Å²) in [5.74, 6) is -1.72. The van der Waals surface area contributed by atoms with Gasteiger partial charge in [0.25, 0.3) is 0 Å². The van der Waals surface area contributed by atoms with E-state index in [0.29, 0.717) is 0 Å². The second kappa shape index (κ2) is 9.65. The minimum Gasteiger partial charge on any atom is -0.480 e. The monoisotopic (exact) mass is 453 g/mol. The van der Waals surface area contributed by atoms with Crippen LogP contribution in [0, 0.1) is 0 Å². The van der Waals surface area contributed by atoms with E-state index in [9.17, 15) is 19.5 Å². The van der Waals surface area contributed by atoms with E-state index in [1.807, 2.05) is 48.5 Å².